The molecule has 270 valence electrons. The smallest absolute Gasteiger partial charge is 0.417 e. The number of pyridine rings is 1. The number of carbonyl (C=O) groups excluding carboxylic acids is 2. The van der Waals surface area contributed by atoms with Crippen LogP contribution >= 0.6 is 0 Å². The van der Waals surface area contributed by atoms with E-state index in [0.29, 0.717) is 35.7 Å². The monoisotopic (exact) mass is 686 g/mol. The minimum absolute atomic E-state index is 0.0342. The zero-order valence-corrected chi connectivity index (χ0v) is 30.9. The lowest BCUT2D eigenvalue weighted by Crippen LogP contribution is -2.50. The average Bonchev–Trinajstić information content (AvgIpc) is 3.62. The molecule has 50 heavy (non-hydrogen) atoms. The van der Waals surface area contributed by atoms with Crippen LogP contribution in [-0.4, -0.2) is 55.5 Å². The lowest BCUT2D eigenvalue weighted by Gasteiger charge is -2.57. The molecule has 10 heteroatoms. The summed E-state index contributed by atoms with van der Waals surface area (Å²) in [6.07, 6.45) is 14.7. The third-order valence-corrected chi connectivity index (χ3v) is 11.9. The maximum Gasteiger partial charge on any atom is 0.417 e. The summed E-state index contributed by atoms with van der Waals surface area (Å²) in [5.41, 5.74) is 3.35. The highest BCUT2D eigenvalue weighted by Crippen LogP contribution is 2.66. The molecule has 4 aliphatic rings. The van der Waals surface area contributed by atoms with Gasteiger partial charge in [-0.05, 0) is 105 Å². The minimum Gasteiger partial charge on any atom is -0.464 e. The highest BCUT2D eigenvalue weighted by Gasteiger charge is 2.57. The van der Waals surface area contributed by atoms with E-state index >= 15 is 0 Å². The van der Waals surface area contributed by atoms with Crippen molar-refractivity contribution in [1.29, 1.82) is 0 Å². The zero-order valence-electron chi connectivity index (χ0n) is 30.9. The number of rotatable bonds is 6. The minimum atomic E-state index is -1.16. The number of alkyl carbamates (subject to hydrolysis) is 1. The van der Waals surface area contributed by atoms with Crippen molar-refractivity contribution in [3.63, 3.8) is 0 Å². The number of fused-ring (bicyclic) bond motifs is 5. The number of hydrogen-bond acceptors (Lipinski definition) is 7. The topological polar surface area (TPSA) is 133 Å². The molecule has 6 rings (SSSR count). The van der Waals surface area contributed by atoms with E-state index in [1.165, 1.54) is 29.3 Å². The molecule has 2 aromatic heterocycles. The maximum atomic E-state index is 13.8. The summed E-state index contributed by atoms with van der Waals surface area (Å²) in [5, 5.41) is 12.5. The molecule has 4 aliphatic carbocycles. The van der Waals surface area contributed by atoms with E-state index in [-0.39, 0.29) is 23.4 Å². The van der Waals surface area contributed by atoms with Gasteiger partial charge < -0.3 is 19.9 Å². The van der Waals surface area contributed by atoms with Crippen LogP contribution in [0.5, 0.6) is 0 Å². The molecule has 0 aliphatic heterocycles. The number of nitrogens with zero attached hydrogens (tertiary/aromatic N) is 3. The first kappa shape index (κ1) is 35.9. The lowest BCUT2D eigenvalue weighted by atomic mass is 9.47. The SMILES string of the molecule is CC(C)(C)OC(=O)N[C@@H](Cc1cn(C(=O)O)c(C(C)(C)C)n1)C(=O)O[C@H]1CC[C@@]2(C)C(=CC[C@@H]3[C@@H]2CC[C@]2(C)C(c4cccnc4)=CC[C@@H]32)C1. The van der Waals surface area contributed by atoms with E-state index in [9.17, 15) is 19.5 Å². The van der Waals surface area contributed by atoms with Crippen LogP contribution in [0.15, 0.2) is 48.4 Å². The quantitative estimate of drug-likeness (QED) is 0.230. The number of esters is 1. The highest BCUT2D eigenvalue weighted by molar-refractivity contribution is 5.82. The molecule has 0 radical (unpaired) electrons. The Morgan fingerprint density at radius 3 is 2.42 bits per heavy atom. The van der Waals surface area contributed by atoms with Crippen LogP contribution in [0.2, 0.25) is 0 Å². The number of aromatic nitrogens is 3. The normalized spacial score (nSPS) is 29.8. The van der Waals surface area contributed by atoms with Crippen molar-refractivity contribution in [2.75, 3.05) is 0 Å². The Morgan fingerprint density at radius 1 is 1.04 bits per heavy atom. The van der Waals surface area contributed by atoms with Crippen molar-refractivity contribution in [3.8, 4) is 0 Å². The number of carboxylic acid groups (broad SMARTS) is 1. The number of hydrogen-bond donors (Lipinski definition) is 2. The van der Waals surface area contributed by atoms with Gasteiger partial charge in [0.1, 0.15) is 23.6 Å². The summed E-state index contributed by atoms with van der Waals surface area (Å²) in [6.45, 7) is 15.8. The van der Waals surface area contributed by atoms with Crippen molar-refractivity contribution in [1.82, 2.24) is 19.9 Å². The second kappa shape index (κ2) is 13.0. The fourth-order valence-electron chi connectivity index (χ4n) is 9.57. The van der Waals surface area contributed by atoms with E-state index < -0.39 is 35.2 Å². The Bertz CT molecular complexity index is 1700. The largest absolute Gasteiger partial charge is 0.464 e. The van der Waals surface area contributed by atoms with Crippen LogP contribution in [0.4, 0.5) is 9.59 Å². The Labute approximate surface area is 296 Å². The van der Waals surface area contributed by atoms with Gasteiger partial charge in [-0.2, -0.15) is 0 Å². The molecule has 1 amide bonds. The van der Waals surface area contributed by atoms with Gasteiger partial charge in [-0.25, -0.2) is 23.9 Å². The predicted octanol–water partition coefficient (Wildman–Crippen LogP) is 8.11. The van der Waals surface area contributed by atoms with Crippen molar-refractivity contribution in [2.24, 2.45) is 28.6 Å². The van der Waals surface area contributed by atoms with E-state index in [2.05, 4.69) is 47.4 Å². The third kappa shape index (κ3) is 6.87. The van der Waals surface area contributed by atoms with Gasteiger partial charge in [-0.3, -0.25) is 4.98 Å². The average molecular weight is 687 g/mol. The van der Waals surface area contributed by atoms with E-state index in [4.69, 9.17) is 9.47 Å². The Morgan fingerprint density at radius 2 is 1.78 bits per heavy atom. The van der Waals surface area contributed by atoms with Gasteiger partial charge in [0, 0.05) is 36.8 Å². The summed E-state index contributed by atoms with van der Waals surface area (Å²) in [6, 6.07) is 3.12. The van der Waals surface area contributed by atoms with Crippen molar-refractivity contribution < 1.29 is 29.0 Å². The fourth-order valence-corrected chi connectivity index (χ4v) is 9.57. The molecule has 2 N–H and O–H groups in total. The lowest BCUT2D eigenvalue weighted by molar-refractivity contribution is -0.154. The fraction of sp³-hybridized carbons (Fsp3) is 0.625. The number of ether oxygens (including phenoxy) is 2. The van der Waals surface area contributed by atoms with Crippen molar-refractivity contribution in [2.45, 2.75) is 130 Å². The molecule has 2 heterocycles. The van der Waals surface area contributed by atoms with Crippen LogP contribution in [0.1, 0.15) is 117 Å². The Kier molecular flexibility index (Phi) is 9.31. The number of imidazole rings is 1. The molecule has 0 aromatic carbocycles. The molecule has 0 spiro atoms. The van der Waals surface area contributed by atoms with Gasteiger partial charge in [0.05, 0.1) is 5.69 Å². The van der Waals surface area contributed by atoms with Crippen LogP contribution in [0.3, 0.4) is 0 Å². The van der Waals surface area contributed by atoms with Gasteiger partial charge >= 0.3 is 18.2 Å². The highest BCUT2D eigenvalue weighted by atomic mass is 16.6. The first-order valence-electron chi connectivity index (χ1n) is 18.2. The van der Waals surface area contributed by atoms with Gasteiger partial charge in [-0.15, -0.1) is 0 Å². The molecule has 2 fully saturated rings. The molecular weight excluding hydrogens is 632 g/mol. The second-order valence-electron chi connectivity index (χ2n) is 17.5. The molecule has 0 unspecified atom stereocenters. The molecule has 0 bridgehead atoms. The number of allylic oxidation sites excluding steroid dienone is 3. The maximum absolute atomic E-state index is 13.8. The van der Waals surface area contributed by atoms with Crippen molar-refractivity contribution >= 4 is 23.7 Å². The second-order valence-corrected chi connectivity index (χ2v) is 17.5. The van der Waals surface area contributed by atoms with E-state index in [0.717, 1.165) is 36.7 Å². The number of carbonyl (C=O) groups is 3. The third-order valence-electron chi connectivity index (χ3n) is 11.9. The summed E-state index contributed by atoms with van der Waals surface area (Å²) in [4.78, 5) is 47.7. The number of nitrogens with one attached hydrogen (secondary N) is 1. The first-order chi connectivity index (χ1) is 23.4. The Hall–Kier alpha value is -3.95. The van der Waals surface area contributed by atoms with Gasteiger partial charge in [-0.1, -0.05) is 58.4 Å². The van der Waals surface area contributed by atoms with E-state index in [1.807, 2.05) is 39.2 Å². The zero-order chi connectivity index (χ0) is 36.2. The molecule has 10 nitrogen and oxygen atoms in total. The molecule has 7 atom stereocenters. The van der Waals surface area contributed by atoms with Crippen LogP contribution in [0.25, 0.3) is 5.57 Å². The predicted molar refractivity (Wildman–Crippen MR) is 190 cm³/mol. The molecule has 2 saturated carbocycles. The van der Waals surface area contributed by atoms with Crippen LogP contribution < -0.4 is 5.32 Å². The summed E-state index contributed by atoms with van der Waals surface area (Å²) < 4.78 is 12.7. The summed E-state index contributed by atoms with van der Waals surface area (Å²) in [5.74, 6) is 1.57. The molecule has 0 saturated heterocycles. The van der Waals surface area contributed by atoms with Crippen LogP contribution in [-0.2, 0) is 26.1 Å². The standard InChI is InChI=1S/C40H54N4O6/c1-37(2,3)34-42-26(23-44(34)36(47)48)21-32(43-35(46)50-38(4,5)6)33(45)49-27-15-17-39(7)25(20-27)11-12-28-30-14-13-29(24-10-9-19-41-22-24)40(30,8)18-16-31(28)39/h9-11,13,19,22-23,27-28,30-32H,12,14-18,20-21H2,1-8H3,(H,43,46)(H,47,48)/t27-,28-,30-,31-,32-,39-,40+/m0/s1. The Balaban J connectivity index is 1.17. The number of amides is 1. The molecule has 2 aromatic rings. The van der Waals surface area contributed by atoms with Crippen LogP contribution in [0, 0.1) is 28.6 Å². The summed E-state index contributed by atoms with van der Waals surface area (Å²) >= 11 is 0. The van der Waals surface area contributed by atoms with E-state index in [1.54, 1.807) is 20.8 Å². The summed E-state index contributed by atoms with van der Waals surface area (Å²) in [7, 11) is 0. The van der Waals surface area contributed by atoms with Gasteiger partial charge in [0.2, 0.25) is 0 Å². The van der Waals surface area contributed by atoms with Gasteiger partial charge in [0.25, 0.3) is 0 Å². The van der Waals surface area contributed by atoms with Crippen molar-refractivity contribution in [3.05, 3.63) is 65.5 Å². The molecular formula is C40H54N4O6. The van der Waals surface area contributed by atoms with Gasteiger partial charge in [0.15, 0.2) is 0 Å². The first-order valence-corrected chi connectivity index (χ1v) is 18.2.